The zero-order valence-electron chi connectivity index (χ0n) is 28.6. The molecule has 2 aliphatic heterocycles. The van der Waals surface area contributed by atoms with Crippen molar-refractivity contribution < 1.29 is 38.7 Å². The van der Waals surface area contributed by atoms with Gasteiger partial charge in [-0.3, -0.25) is 9.36 Å². The van der Waals surface area contributed by atoms with Crippen LogP contribution in [0.15, 0.2) is 66.7 Å². The van der Waals surface area contributed by atoms with Gasteiger partial charge in [-0.25, -0.2) is 4.98 Å². The van der Waals surface area contributed by atoms with Crippen molar-refractivity contribution in [2.75, 3.05) is 6.61 Å². The quantitative estimate of drug-likeness (QED) is 0.0792. The Morgan fingerprint density at radius 3 is 1.67 bits per heavy atom. The zero-order chi connectivity index (χ0) is 36.9. The standard InChI is InChI=1S/C38H24Cl4N8O3.Zn/c1-38(2,37(51)52)15-53-16-12-13-21-22(14-16)34-47-32(21)45-30-18-9-5-4-8-17(18)29(43-30)44-31-19-10-6-7-11-20(19)33(46-31)48-35-23-24(36(49-34)50(35)3)26(40)28(42)27(41)25(23)39;/h4-14H,15H2,1-3H3,(H2,43,44,45,46,47,48,49,51,52);/q;+2/p-1. The Morgan fingerprint density at radius 1 is 0.685 bits per heavy atom. The van der Waals surface area contributed by atoms with Crippen molar-refractivity contribution in [1.82, 2.24) is 34.9 Å². The maximum atomic E-state index is 11.8. The second-order valence-electron chi connectivity index (χ2n) is 13.2. The first-order valence-corrected chi connectivity index (χ1v) is 17.7. The monoisotopic (exact) mass is 843 g/mol. The van der Waals surface area contributed by atoms with E-state index < -0.39 is 11.4 Å². The Hall–Kier alpha value is -4.71. The fourth-order valence-electron chi connectivity index (χ4n) is 6.39. The van der Waals surface area contributed by atoms with Crippen LogP contribution >= 0.6 is 46.4 Å². The van der Waals surface area contributed by atoms with Crippen molar-refractivity contribution in [2.24, 2.45) is 12.5 Å². The molecule has 0 atom stereocenters. The largest absolute Gasteiger partial charge is 2.00 e. The van der Waals surface area contributed by atoms with E-state index in [-0.39, 0.29) is 51.8 Å². The number of aliphatic carboxylic acids is 1. The normalized spacial score (nSPS) is 12.1. The van der Waals surface area contributed by atoms with Gasteiger partial charge in [0.1, 0.15) is 24.0 Å². The fraction of sp³-hybridized carbons (Fsp3) is 0.132. The summed E-state index contributed by atoms with van der Waals surface area (Å²) in [5.74, 6) is 0.971. The summed E-state index contributed by atoms with van der Waals surface area (Å²) < 4.78 is 7.72. The van der Waals surface area contributed by atoms with Crippen LogP contribution in [0.1, 0.15) is 13.8 Å². The van der Waals surface area contributed by atoms with Crippen LogP contribution in [0.25, 0.3) is 89.7 Å². The summed E-state index contributed by atoms with van der Waals surface area (Å²) in [7, 11) is 1.77. The van der Waals surface area contributed by atoms with E-state index in [1.807, 2.05) is 48.5 Å². The molecule has 16 heteroatoms. The van der Waals surface area contributed by atoms with Crippen molar-refractivity contribution in [3.05, 3.63) is 86.8 Å². The van der Waals surface area contributed by atoms with Crippen LogP contribution in [-0.4, -0.2) is 42.6 Å². The average Bonchev–Trinajstić information content (AvgIpc) is 3.86. The van der Waals surface area contributed by atoms with E-state index in [2.05, 4.69) is 0 Å². The molecule has 0 aliphatic carbocycles. The van der Waals surface area contributed by atoms with E-state index >= 15 is 0 Å². The molecule has 7 aromatic rings. The third kappa shape index (κ3) is 5.62. The van der Waals surface area contributed by atoms with Gasteiger partial charge in [0, 0.05) is 44.8 Å². The van der Waals surface area contributed by atoms with Crippen molar-refractivity contribution in [2.45, 2.75) is 13.8 Å². The fourth-order valence-corrected chi connectivity index (χ4v) is 7.41. The van der Waals surface area contributed by atoms with Gasteiger partial charge >= 0.3 is 25.4 Å². The van der Waals surface area contributed by atoms with Crippen LogP contribution in [0.2, 0.25) is 20.1 Å². The molecule has 54 heavy (non-hydrogen) atoms. The van der Waals surface area contributed by atoms with Crippen LogP contribution in [0.5, 0.6) is 5.75 Å². The van der Waals surface area contributed by atoms with Gasteiger partial charge in [-0.05, 0) is 53.6 Å². The maximum Gasteiger partial charge on any atom is 2.00 e. The third-order valence-corrected chi connectivity index (χ3v) is 11.1. The van der Waals surface area contributed by atoms with E-state index in [0.29, 0.717) is 67.9 Å². The predicted octanol–water partition coefficient (Wildman–Crippen LogP) is 8.66. The first-order chi connectivity index (χ1) is 25.4. The number of halogens is 4. The molecule has 5 heterocycles. The summed E-state index contributed by atoms with van der Waals surface area (Å²) in [6.07, 6.45) is 0. The van der Waals surface area contributed by atoms with Gasteiger partial charge in [0.25, 0.3) is 0 Å². The van der Waals surface area contributed by atoms with Gasteiger partial charge in [-0.15, -0.1) is 0 Å². The van der Waals surface area contributed by atoms with Gasteiger partial charge < -0.3 is 39.7 Å². The molecule has 1 N–H and O–H groups in total. The Bertz CT molecular complexity index is 2950. The zero-order valence-corrected chi connectivity index (χ0v) is 34.6. The minimum atomic E-state index is -1.13. The summed E-state index contributed by atoms with van der Waals surface area (Å²) in [6.45, 7) is 3.11. The molecule has 0 saturated carbocycles. The van der Waals surface area contributed by atoms with Crippen LogP contribution in [-0.2, 0) is 31.3 Å². The second-order valence-corrected chi connectivity index (χ2v) is 14.7. The van der Waals surface area contributed by atoms with Crippen molar-refractivity contribution in [1.29, 1.82) is 0 Å². The number of nitrogens with zero attached hydrogens (tertiary/aromatic N) is 8. The summed E-state index contributed by atoms with van der Waals surface area (Å²) in [4.78, 5) is 46.6. The van der Waals surface area contributed by atoms with Gasteiger partial charge in [0.05, 0.1) is 44.2 Å². The van der Waals surface area contributed by atoms with E-state index in [9.17, 15) is 9.90 Å². The molecule has 0 spiro atoms. The molecule has 0 saturated heterocycles. The molecule has 0 amide bonds. The smallest absolute Gasteiger partial charge is 0.492 e. The molecular formula is C38H23Cl4N8O3Zn+. The number of hydrogen-bond donors (Lipinski definition) is 1. The first-order valence-electron chi connectivity index (χ1n) is 16.2. The molecule has 3 aromatic heterocycles. The van der Waals surface area contributed by atoms with Gasteiger partial charge in [0.15, 0.2) is 0 Å². The van der Waals surface area contributed by atoms with Crippen molar-refractivity contribution in [3.63, 3.8) is 0 Å². The SMILES string of the molecule is C[n+]1c2nc3[n-]c(nc4nc(nc5[n-]c(nc1-c1c(Cl)c(Cl)c(Cl)c(Cl)c1-2)c1cc(OCC(C)(C)C(=O)O)ccc51)-c1ccccc1-4)c1ccccc31.[Zn+2]. The van der Waals surface area contributed by atoms with Crippen LogP contribution in [0, 0.1) is 5.41 Å². The molecular weight excluding hydrogens is 824 g/mol. The van der Waals surface area contributed by atoms with E-state index in [1.54, 1.807) is 43.7 Å². The predicted molar refractivity (Wildman–Crippen MR) is 204 cm³/mol. The molecule has 11 nitrogen and oxygen atoms in total. The van der Waals surface area contributed by atoms with Gasteiger partial charge in [0.2, 0.25) is 0 Å². The number of carboxylic acid groups (broad SMARTS) is 1. The van der Waals surface area contributed by atoms with Gasteiger partial charge in [-0.1, -0.05) is 94.9 Å². The van der Waals surface area contributed by atoms with Crippen LogP contribution in [0.4, 0.5) is 0 Å². The minimum absolute atomic E-state index is 0. The number of carboxylic acids is 1. The number of benzene rings is 4. The van der Waals surface area contributed by atoms with E-state index in [1.165, 1.54) is 0 Å². The molecule has 262 valence electrons. The van der Waals surface area contributed by atoms with Crippen molar-refractivity contribution in [3.8, 4) is 51.3 Å². The number of aromatic nitrogens is 8. The molecule has 0 fully saturated rings. The number of carbonyl (C=O) groups is 1. The Labute approximate surface area is 339 Å². The molecule has 0 radical (unpaired) electrons. The molecule has 4 aromatic carbocycles. The number of rotatable bonds is 4. The molecule has 8 bridgehead atoms. The Kier molecular flexibility index (Phi) is 8.90. The first kappa shape index (κ1) is 36.3. The van der Waals surface area contributed by atoms with Gasteiger partial charge in [-0.2, -0.15) is 0 Å². The molecule has 0 unspecified atom stereocenters. The summed E-state index contributed by atoms with van der Waals surface area (Å²) in [5.41, 5.74) is 2.64. The number of ether oxygens (including phenoxy) is 1. The summed E-state index contributed by atoms with van der Waals surface area (Å²) >= 11 is 27.2. The average molecular weight is 847 g/mol. The molecule has 2 aliphatic rings. The summed E-state index contributed by atoms with van der Waals surface area (Å²) in [5, 5.41) is 12.8. The molecule has 9 rings (SSSR count). The van der Waals surface area contributed by atoms with Crippen LogP contribution < -0.4 is 19.3 Å². The van der Waals surface area contributed by atoms with Crippen LogP contribution in [0.3, 0.4) is 0 Å². The maximum absolute atomic E-state index is 11.8. The minimum Gasteiger partial charge on any atom is -0.492 e. The number of hydrogen-bond acceptors (Lipinski definition) is 7. The van der Waals surface area contributed by atoms with E-state index in [0.717, 1.165) is 21.9 Å². The third-order valence-electron chi connectivity index (χ3n) is 9.30. The number of fused-ring (bicyclic) bond motifs is 20. The Morgan fingerprint density at radius 2 is 1.15 bits per heavy atom. The summed E-state index contributed by atoms with van der Waals surface area (Å²) in [6, 6.07) is 20.6. The second kappa shape index (κ2) is 13.2. The Balaban J connectivity index is 0.00000413. The topological polar surface area (TPSA) is 143 Å². The van der Waals surface area contributed by atoms with Crippen molar-refractivity contribution >= 4 is 96.5 Å². The van der Waals surface area contributed by atoms with E-state index in [4.69, 9.17) is 86.0 Å².